The molecule has 0 spiro atoms. The zero-order valence-electron chi connectivity index (χ0n) is 8.59. The summed E-state index contributed by atoms with van der Waals surface area (Å²) in [6.07, 6.45) is 0.798. The van der Waals surface area contributed by atoms with Gasteiger partial charge >= 0.3 is 0 Å². The maximum absolute atomic E-state index is 5.67. The van der Waals surface area contributed by atoms with Gasteiger partial charge in [0.1, 0.15) is 0 Å². The molecule has 78 valence electrons. The van der Waals surface area contributed by atoms with Crippen LogP contribution in [0.5, 0.6) is 0 Å². The highest BCUT2D eigenvalue weighted by molar-refractivity contribution is 5.40. The van der Waals surface area contributed by atoms with Crippen molar-refractivity contribution in [2.75, 3.05) is 0 Å². The van der Waals surface area contributed by atoms with E-state index in [1.807, 2.05) is 31.2 Å². The molecule has 0 atom stereocenters. The van der Waals surface area contributed by atoms with E-state index in [1.54, 1.807) is 4.68 Å². The average Bonchev–Trinajstić information content (AvgIpc) is 2.76. The number of hydrogen-bond donors (Lipinski definition) is 1. The molecule has 2 N–H and O–H groups in total. The van der Waals surface area contributed by atoms with Crippen LogP contribution in [0.25, 0.3) is 5.69 Å². The summed E-state index contributed by atoms with van der Waals surface area (Å²) in [7, 11) is 0. The van der Waals surface area contributed by atoms with Gasteiger partial charge in [-0.3, -0.25) is 0 Å². The van der Waals surface area contributed by atoms with Gasteiger partial charge in [0.05, 0.1) is 5.69 Å². The smallest absolute Gasteiger partial charge is 0.156 e. The fourth-order valence-electron chi connectivity index (χ4n) is 1.50. The number of aryl methyl sites for hydroxylation is 1. The first-order valence-corrected chi connectivity index (χ1v) is 4.92. The molecule has 0 saturated heterocycles. The Morgan fingerprint density at radius 1 is 1.33 bits per heavy atom. The third-order valence-electron chi connectivity index (χ3n) is 2.29. The third-order valence-corrected chi connectivity index (χ3v) is 2.29. The zero-order chi connectivity index (χ0) is 10.7. The molecule has 0 fully saturated rings. The van der Waals surface area contributed by atoms with Gasteiger partial charge in [-0.2, -0.15) is 4.68 Å². The van der Waals surface area contributed by atoms with E-state index in [2.05, 4.69) is 15.5 Å². The lowest BCUT2D eigenvalue weighted by Crippen LogP contribution is -2.08. The predicted octanol–water partition coefficient (Wildman–Crippen LogP) is 0.683. The number of para-hydroxylation sites is 1. The number of benzene rings is 1. The molecule has 0 aliphatic rings. The lowest BCUT2D eigenvalue weighted by atomic mass is 10.2. The van der Waals surface area contributed by atoms with Crippen molar-refractivity contribution >= 4 is 0 Å². The van der Waals surface area contributed by atoms with E-state index in [1.165, 1.54) is 0 Å². The highest BCUT2D eigenvalue weighted by Crippen LogP contribution is 2.13. The van der Waals surface area contributed by atoms with Crippen LogP contribution in [0.2, 0.25) is 0 Å². The molecule has 0 aliphatic heterocycles. The topological polar surface area (TPSA) is 69.6 Å². The molecule has 15 heavy (non-hydrogen) atoms. The summed E-state index contributed by atoms with van der Waals surface area (Å²) in [4.78, 5) is 0. The van der Waals surface area contributed by atoms with Crippen LogP contribution in [0.1, 0.15) is 18.3 Å². The maximum atomic E-state index is 5.67. The van der Waals surface area contributed by atoms with E-state index in [-0.39, 0.29) is 0 Å². The molecule has 0 unspecified atom stereocenters. The lowest BCUT2D eigenvalue weighted by Gasteiger charge is -2.07. The summed E-state index contributed by atoms with van der Waals surface area (Å²) in [5.41, 5.74) is 7.67. The Morgan fingerprint density at radius 2 is 2.13 bits per heavy atom. The van der Waals surface area contributed by atoms with Gasteiger partial charge in [0.25, 0.3) is 0 Å². The van der Waals surface area contributed by atoms with Crippen molar-refractivity contribution in [1.29, 1.82) is 0 Å². The molecule has 2 rings (SSSR count). The first-order valence-electron chi connectivity index (χ1n) is 4.92. The Hall–Kier alpha value is -1.75. The van der Waals surface area contributed by atoms with E-state index >= 15 is 0 Å². The van der Waals surface area contributed by atoms with E-state index < -0.39 is 0 Å². The second kappa shape index (κ2) is 4.18. The van der Waals surface area contributed by atoms with Crippen molar-refractivity contribution in [3.8, 4) is 5.69 Å². The molecule has 0 radical (unpaired) electrons. The summed E-state index contributed by atoms with van der Waals surface area (Å²) in [6.45, 7) is 2.51. The molecule has 0 aliphatic carbocycles. The van der Waals surface area contributed by atoms with Crippen LogP contribution in [0.4, 0.5) is 0 Å². The minimum atomic E-state index is 0.485. The number of hydrogen-bond acceptors (Lipinski definition) is 4. The van der Waals surface area contributed by atoms with Gasteiger partial charge in [0, 0.05) is 13.0 Å². The van der Waals surface area contributed by atoms with Crippen LogP contribution < -0.4 is 5.73 Å². The molecule has 0 bridgehead atoms. The van der Waals surface area contributed by atoms with Crippen LogP contribution in [-0.4, -0.2) is 20.2 Å². The molecule has 2 aromatic rings. The average molecular weight is 203 g/mol. The van der Waals surface area contributed by atoms with Gasteiger partial charge in [0.15, 0.2) is 5.82 Å². The van der Waals surface area contributed by atoms with Crippen molar-refractivity contribution in [2.24, 2.45) is 5.73 Å². The largest absolute Gasteiger partial charge is 0.326 e. The maximum Gasteiger partial charge on any atom is 0.156 e. The summed E-state index contributed by atoms with van der Waals surface area (Å²) in [5, 5.41) is 11.6. The van der Waals surface area contributed by atoms with Crippen molar-refractivity contribution < 1.29 is 0 Å². The normalized spacial score (nSPS) is 10.5. The molecule has 1 aromatic carbocycles. The Kier molecular flexibility index (Phi) is 2.73. The second-order valence-electron chi connectivity index (χ2n) is 3.19. The molecule has 5 nitrogen and oxygen atoms in total. The summed E-state index contributed by atoms with van der Waals surface area (Å²) >= 11 is 0. The van der Waals surface area contributed by atoms with E-state index in [0.717, 1.165) is 23.5 Å². The van der Waals surface area contributed by atoms with Crippen molar-refractivity contribution in [3.05, 3.63) is 35.7 Å². The number of rotatable bonds is 3. The standard InChI is InChI=1S/C10H13N5/c1-2-10-12-13-14-15(10)9-6-4-3-5-8(9)7-11/h3-6H,2,7,11H2,1H3. The summed E-state index contributed by atoms with van der Waals surface area (Å²) < 4.78 is 1.74. The van der Waals surface area contributed by atoms with E-state index in [9.17, 15) is 0 Å². The highest BCUT2D eigenvalue weighted by atomic mass is 15.5. The van der Waals surface area contributed by atoms with Crippen LogP contribution in [0.3, 0.4) is 0 Å². The van der Waals surface area contributed by atoms with Gasteiger partial charge in [-0.1, -0.05) is 25.1 Å². The molecule has 0 amide bonds. The van der Waals surface area contributed by atoms with Gasteiger partial charge in [-0.15, -0.1) is 5.10 Å². The van der Waals surface area contributed by atoms with Crippen LogP contribution in [-0.2, 0) is 13.0 Å². The monoisotopic (exact) mass is 203 g/mol. The summed E-state index contributed by atoms with van der Waals surface area (Å²) in [6, 6.07) is 7.87. The molecule has 1 aromatic heterocycles. The Labute approximate surface area is 87.9 Å². The Morgan fingerprint density at radius 3 is 2.87 bits per heavy atom. The predicted molar refractivity (Wildman–Crippen MR) is 56.4 cm³/mol. The fraction of sp³-hybridized carbons (Fsp3) is 0.300. The Balaban J connectivity index is 2.53. The van der Waals surface area contributed by atoms with Gasteiger partial charge in [-0.25, -0.2) is 0 Å². The minimum Gasteiger partial charge on any atom is -0.326 e. The lowest BCUT2D eigenvalue weighted by molar-refractivity contribution is 0.757. The molecular formula is C10H13N5. The van der Waals surface area contributed by atoms with Crippen molar-refractivity contribution in [2.45, 2.75) is 19.9 Å². The summed E-state index contributed by atoms with van der Waals surface area (Å²) in [5.74, 6) is 0.843. The van der Waals surface area contributed by atoms with Gasteiger partial charge in [0.2, 0.25) is 0 Å². The number of tetrazole rings is 1. The van der Waals surface area contributed by atoms with Crippen LogP contribution >= 0.6 is 0 Å². The Bertz CT molecular complexity index is 449. The molecule has 1 heterocycles. The first kappa shape index (κ1) is 9.79. The molecule has 5 heteroatoms. The third kappa shape index (κ3) is 1.73. The van der Waals surface area contributed by atoms with E-state index in [0.29, 0.717) is 6.54 Å². The fourth-order valence-corrected chi connectivity index (χ4v) is 1.50. The SMILES string of the molecule is CCc1nnnn1-c1ccccc1CN. The number of nitrogens with zero attached hydrogens (tertiary/aromatic N) is 4. The van der Waals surface area contributed by atoms with E-state index in [4.69, 9.17) is 5.73 Å². The van der Waals surface area contributed by atoms with Gasteiger partial charge < -0.3 is 5.73 Å². The molecule has 0 saturated carbocycles. The minimum absolute atomic E-state index is 0.485. The number of aromatic nitrogens is 4. The zero-order valence-corrected chi connectivity index (χ0v) is 8.59. The van der Waals surface area contributed by atoms with Crippen LogP contribution in [0.15, 0.2) is 24.3 Å². The second-order valence-corrected chi connectivity index (χ2v) is 3.19. The number of nitrogens with two attached hydrogens (primary N) is 1. The van der Waals surface area contributed by atoms with Crippen LogP contribution in [0, 0.1) is 0 Å². The first-order chi connectivity index (χ1) is 7.36. The highest BCUT2D eigenvalue weighted by Gasteiger charge is 2.08. The van der Waals surface area contributed by atoms with Crippen molar-refractivity contribution in [3.63, 3.8) is 0 Å². The molecular weight excluding hydrogens is 190 g/mol. The van der Waals surface area contributed by atoms with Crippen molar-refractivity contribution in [1.82, 2.24) is 20.2 Å². The van der Waals surface area contributed by atoms with Gasteiger partial charge in [-0.05, 0) is 22.1 Å². The quantitative estimate of drug-likeness (QED) is 0.796.